The van der Waals surface area contributed by atoms with Crippen molar-refractivity contribution >= 4 is 11.5 Å². The van der Waals surface area contributed by atoms with E-state index in [1.54, 1.807) is 19.1 Å². The summed E-state index contributed by atoms with van der Waals surface area (Å²) in [5.41, 5.74) is 2.08. The SMILES string of the molecule is C/C(C(=O)O)=C(\c1ccc(F)cc1)C1CC2C=CC1C2. The number of hydrogen-bond acceptors (Lipinski definition) is 1. The first-order chi connectivity index (χ1) is 9.56. The molecule has 2 bridgehead atoms. The molecule has 104 valence electrons. The van der Waals surface area contributed by atoms with Crippen molar-refractivity contribution in [2.75, 3.05) is 0 Å². The maximum absolute atomic E-state index is 13.1. The minimum absolute atomic E-state index is 0.242. The smallest absolute Gasteiger partial charge is 0.331 e. The summed E-state index contributed by atoms with van der Waals surface area (Å²) in [6, 6.07) is 6.17. The summed E-state index contributed by atoms with van der Waals surface area (Å²) in [4.78, 5) is 11.4. The van der Waals surface area contributed by atoms with E-state index >= 15 is 0 Å². The molecule has 2 nitrogen and oxygen atoms in total. The van der Waals surface area contributed by atoms with Crippen molar-refractivity contribution in [2.24, 2.45) is 17.8 Å². The van der Waals surface area contributed by atoms with Gasteiger partial charge in [0.25, 0.3) is 0 Å². The van der Waals surface area contributed by atoms with Gasteiger partial charge in [-0.1, -0.05) is 24.3 Å². The van der Waals surface area contributed by atoms with Crippen molar-refractivity contribution in [1.82, 2.24) is 0 Å². The van der Waals surface area contributed by atoms with Gasteiger partial charge in [0.1, 0.15) is 5.82 Å². The summed E-state index contributed by atoms with van der Waals surface area (Å²) in [6.45, 7) is 1.65. The first-order valence-electron chi connectivity index (χ1n) is 6.94. The second kappa shape index (κ2) is 4.89. The molecule has 0 amide bonds. The van der Waals surface area contributed by atoms with E-state index in [1.165, 1.54) is 12.1 Å². The Morgan fingerprint density at radius 2 is 1.90 bits per heavy atom. The van der Waals surface area contributed by atoms with E-state index in [-0.39, 0.29) is 11.7 Å². The first-order valence-corrected chi connectivity index (χ1v) is 6.94. The number of aliphatic carboxylic acids is 1. The Balaban J connectivity index is 2.05. The first kappa shape index (κ1) is 13.1. The van der Waals surface area contributed by atoms with Gasteiger partial charge in [0, 0.05) is 5.57 Å². The third-order valence-electron chi connectivity index (χ3n) is 4.53. The minimum atomic E-state index is -0.893. The zero-order chi connectivity index (χ0) is 14.3. The van der Waals surface area contributed by atoms with Gasteiger partial charge in [-0.2, -0.15) is 0 Å². The highest BCUT2D eigenvalue weighted by atomic mass is 19.1. The molecule has 3 atom stereocenters. The van der Waals surface area contributed by atoms with Gasteiger partial charge in [-0.15, -0.1) is 0 Å². The van der Waals surface area contributed by atoms with Gasteiger partial charge in [0.2, 0.25) is 0 Å². The third kappa shape index (κ3) is 2.17. The maximum atomic E-state index is 13.1. The highest BCUT2D eigenvalue weighted by Gasteiger charge is 2.39. The molecule has 0 spiro atoms. The Morgan fingerprint density at radius 1 is 1.20 bits per heavy atom. The predicted molar refractivity (Wildman–Crippen MR) is 75.5 cm³/mol. The van der Waals surface area contributed by atoms with Crippen molar-refractivity contribution in [3.05, 3.63) is 53.4 Å². The molecule has 1 aromatic rings. The van der Waals surface area contributed by atoms with Crippen LogP contribution in [0, 0.1) is 23.6 Å². The Morgan fingerprint density at radius 3 is 2.40 bits per heavy atom. The van der Waals surface area contributed by atoms with Crippen LogP contribution in [0.25, 0.3) is 5.57 Å². The molecule has 2 aliphatic carbocycles. The normalized spacial score (nSPS) is 28.6. The molecule has 1 saturated carbocycles. The van der Waals surface area contributed by atoms with Crippen molar-refractivity contribution < 1.29 is 14.3 Å². The number of allylic oxidation sites excluding steroid dienone is 3. The quantitative estimate of drug-likeness (QED) is 0.669. The zero-order valence-corrected chi connectivity index (χ0v) is 11.3. The second-order valence-corrected chi connectivity index (χ2v) is 5.74. The molecule has 0 saturated heterocycles. The fourth-order valence-corrected chi connectivity index (χ4v) is 3.57. The van der Waals surface area contributed by atoms with Crippen LogP contribution >= 0.6 is 0 Å². The molecule has 1 N–H and O–H groups in total. The van der Waals surface area contributed by atoms with Gasteiger partial charge in [0.05, 0.1) is 0 Å². The van der Waals surface area contributed by atoms with E-state index < -0.39 is 5.97 Å². The van der Waals surface area contributed by atoms with Crippen LogP contribution in [0.5, 0.6) is 0 Å². The molecule has 3 rings (SSSR count). The number of carbonyl (C=O) groups is 1. The summed E-state index contributed by atoms with van der Waals surface area (Å²) in [5, 5.41) is 9.35. The van der Waals surface area contributed by atoms with Crippen LogP contribution in [0.2, 0.25) is 0 Å². The Labute approximate surface area is 117 Å². The molecule has 2 aliphatic rings. The maximum Gasteiger partial charge on any atom is 0.331 e. The van der Waals surface area contributed by atoms with Gasteiger partial charge in [-0.05, 0) is 60.8 Å². The number of rotatable bonds is 3. The molecule has 3 unspecified atom stereocenters. The number of carboxylic acids is 1. The zero-order valence-electron chi connectivity index (χ0n) is 11.3. The van der Waals surface area contributed by atoms with Crippen LogP contribution in [-0.4, -0.2) is 11.1 Å². The average molecular weight is 272 g/mol. The molecule has 1 aromatic carbocycles. The van der Waals surface area contributed by atoms with Crippen molar-refractivity contribution in [1.29, 1.82) is 0 Å². The van der Waals surface area contributed by atoms with Crippen LogP contribution in [0.1, 0.15) is 25.3 Å². The predicted octanol–water partition coefficient (Wildman–Crippen LogP) is 3.90. The Bertz CT molecular complexity index is 598. The largest absolute Gasteiger partial charge is 0.478 e. The summed E-state index contributed by atoms with van der Waals surface area (Å²) >= 11 is 0. The molecular weight excluding hydrogens is 255 g/mol. The average Bonchev–Trinajstić information content (AvgIpc) is 3.03. The lowest BCUT2D eigenvalue weighted by Gasteiger charge is -2.23. The van der Waals surface area contributed by atoms with E-state index in [0.717, 1.165) is 24.0 Å². The summed E-state index contributed by atoms with van der Waals surface area (Å²) < 4.78 is 13.1. The lowest BCUT2D eigenvalue weighted by molar-refractivity contribution is -0.132. The van der Waals surface area contributed by atoms with Crippen LogP contribution in [0.15, 0.2) is 42.0 Å². The van der Waals surface area contributed by atoms with Gasteiger partial charge >= 0.3 is 5.97 Å². The minimum Gasteiger partial charge on any atom is -0.478 e. The molecule has 0 radical (unpaired) electrons. The Hall–Kier alpha value is -1.90. The lowest BCUT2D eigenvalue weighted by atomic mass is 9.80. The summed E-state index contributed by atoms with van der Waals surface area (Å²) in [7, 11) is 0. The topological polar surface area (TPSA) is 37.3 Å². The number of carboxylic acid groups (broad SMARTS) is 1. The molecule has 0 aromatic heterocycles. The Kier molecular flexibility index (Phi) is 3.20. The van der Waals surface area contributed by atoms with E-state index in [9.17, 15) is 14.3 Å². The van der Waals surface area contributed by atoms with Crippen LogP contribution in [-0.2, 0) is 4.79 Å². The van der Waals surface area contributed by atoms with E-state index in [1.807, 2.05) is 0 Å². The van der Waals surface area contributed by atoms with Crippen molar-refractivity contribution in [3.8, 4) is 0 Å². The van der Waals surface area contributed by atoms with Crippen LogP contribution in [0.3, 0.4) is 0 Å². The standard InChI is InChI=1S/C17H17FO2/c1-10(17(19)20)16(12-4-6-14(18)7-5-12)15-9-11-2-3-13(15)8-11/h2-7,11,13,15H,8-9H2,1H3,(H,19,20)/b16-10-. The number of hydrogen-bond donors (Lipinski definition) is 1. The molecule has 3 heteroatoms. The molecule has 1 fully saturated rings. The number of halogens is 1. The van der Waals surface area contributed by atoms with Gasteiger partial charge < -0.3 is 5.11 Å². The summed E-state index contributed by atoms with van der Waals surface area (Å²) in [6.07, 6.45) is 6.55. The van der Waals surface area contributed by atoms with E-state index in [4.69, 9.17) is 0 Å². The van der Waals surface area contributed by atoms with E-state index in [0.29, 0.717) is 17.4 Å². The highest BCUT2D eigenvalue weighted by Crippen LogP contribution is 2.50. The molecule has 0 heterocycles. The summed E-state index contributed by atoms with van der Waals surface area (Å²) in [5.74, 6) is 0.0490. The van der Waals surface area contributed by atoms with Crippen molar-refractivity contribution in [2.45, 2.75) is 19.8 Å². The second-order valence-electron chi connectivity index (χ2n) is 5.74. The third-order valence-corrected chi connectivity index (χ3v) is 4.53. The lowest BCUT2D eigenvalue weighted by Crippen LogP contribution is -2.14. The van der Waals surface area contributed by atoms with E-state index in [2.05, 4.69) is 12.2 Å². The molecular formula is C17H17FO2. The van der Waals surface area contributed by atoms with Crippen LogP contribution in [0.4, 0.5) is 4.39 Å². The molecule has 20 heavy (non-hydrogen) atoms. The fourth-order valence-electron chi connectivity index (χ4n) is 3.57. The monoisotopic (exact) mass is 272 g/mol. The van der Waals surface area contributed by atoms with Gasteiger partial charge in [0.15, 0.2) is 0 Å². The van der Waals surface area contributed by atoms with Gasteiger partial charge in [-0.25, -0.2) is 9.18 Å². The molecule has 0 aliphatic heterocycles. The highest BCUT2D eigenvalue weighted by molar-refractivity contribution is 5.96. The fraction of sp³-hybridized carbons (Fsp3) is 0.353. The van der Waals surface area contributed by atoms with Crippen LogP contribution < -0.4 is 0 Å². The number of benzene rings is 1. The van der Waals surface area contributed by atoms with Gasteiger partial charge in [-0.3, -0.25) is 0 Å². The van der Waals surface area contributed by atoms with Crippen molar-refractivity contribution in [3.63, 3.8) is 0 Å². The number of fused-ring (bicyclic) bond motifs is 2.